The second kappa shape index (κ2) is 5.87. The van der Waals surface area contributed by atoms with E-state index in [9.17, 15) is 5.11 Å². The average molecular weight is 221 g/mol. The Kier molecular flexibility index (Phi) is 4.19. The molecule has 3 heteroatoms. The van der Waals surface area contributed by atoms with Crippen LogP contribution in [0.3, 0.4) is 0 Å². The summed E-state index contributed by atoms with van der Waals surface area (Å²) in [5.41, 5.74) is 1.13. The molecule has 0 bridgehead atoms. The molecule has 1 saturated heterocycles. The Morgan fingerprint density at radius 1 is 1.44 bits per heavy atom. The van der Waals surface area contributed by atoms with E-state index in [0.717, 1.165) is 38.1 Å². The summed E-state index contributed by atoms with van der Waals surface area (Å²) in [6, 6.07) is 7.37. The number of phenolic OH excluding ortho intramolecular Hbond substituents is 1. The van der Waals surface area contributed by atoms with E-state index in [1.807, 2.05) is 12.1 Å². The van der Waals surface area contributed by atoms with Gasteiger partial charge in [-0.2, -0.15) is 0 Å². The molecule has 0 aliphatic carbocycles. The Morgan fingerprint density at radius 2 is 2.38 bits per heavy atom. The van der Waals surface area contributed by atoms with Gasteiger partial charge in [-0.3, -0.25) is 0 Å². The van der Waals surface area contributed by atoms with Gasteiger partial charge >= 0.3 is 0 Å². The highest BCUT2D eigenvalue weighted by Gasteiger charge is 2.12. The summed E-state index contributed by atoms with van der Waals surface area (Å²) in [4.78, 5) is 0. The molecule has 88 valence electrons. The van der Waals surface area contributed by atoms with Crippen molar-refractivity contribution in [1.82, 2.24) is 5.32 Å². The van der Waals surface area contributed by atoms with Crippen LogP contribution in [0.4, 0.5) is 0 Å². The predicted octanol–water partition coefficient (Wildman–Crippen LogP) is 1.70. The van der Waals surface area contributed by atoms with Crippen molar-refractivity contribution < 1.29 is 9.84 Å². The van der Waals surface area contributed by atoms with E-state index in [1.54, 1.807) is 12.1 Å². The molecule has 0 aromatic heterocycles. The lowest BCUT2D eigenvalue weighted by atomic mass is 10.1. The lowest BCUT2D eigenvalue weighted by Gasteiger charge is -2.23. The van der Waals surface area contributed by atoms with Crippen molar-refractivity contribution in [1.29, 1.82) is 0 Å². The van der Waals surface area contributed by atoms with Crippen LogP contribution in [0.1, 0.15) is 18.4 Å². The van der Waals surface area contributed by atoms with Gasteiger partial charge in [-0.1, -0.05) is 12.1 Å². The minimum absolute atomic E-state index is 0.330. The SMILES string of the molecule is Oc1cccc(CCOC2CCCNC2)c1. The highest BCUT2D eigenvalue weighted by molar-refractivity contribution is 5.27. The molecule has 1 unspecified atom stereocenters. The monoisotopic (exact) mass is 221 g/mol. The van der Waals surface area contributed by atoms with Crippen LogP contribution in [-0.2, 0) is 11.2 Å². The molecule has 0 radical (unpaired) electrons. The van der Waals surface area contributed by atoms with E-state index in [0.29, 0.717) is 11.9 Å². The van der Waals surface area contributed by atoms with E-state index >= 15 is 0 Å². The van der Waals surface area contributed by atoms with Crippen LogP contribution in [0.2, 0.25) is 0 Å². The van der Waals surface area contributed by atoms with Crippen molar-refractivity contribution in [2.24, 2.45) is 0 Å². The van der Waals surface area contributed by atoms with Crippen molar-refractivity contribution in [3.63, 3.8) is 0 Å². The van der Waals surface area contributed by atoms with Gasteiger partial charge in [0, 0.05) is 6.54 Å². The molecule has 16 heavy (non-hydrogen) atoms. The Hall–Kier alpha value is -1.06. The second-order valence-electron chi connectivity index (χ2n) is 4.26. The van der Waals surface area contributed by atoms with Crippen molar-refractivity contribution in [3.05, 3.63) is 29.8 Å². The maximum Gasteiger partial charge on any atom is 0.115 e. The quantitative estimate of drug-likeness (QED) is 0.813. The van der Waals surface area contributed by atoms with E-state index < -0.39 is 0 Å². The first-order valence-electron chi connectivity index (χ1n) is 5.95. The van der Waals surface area contributed by atoms with E-state index in [4.69, 9.17) is 4.74 Å². The number of ether oxygens (including phenoxy) is 1. The highest BCUT2D eigenvalue weighted by atomic mass is 16.5. The molecular formula is C13H19NO2. The standard InChI is InChI=1S/C13H19NO2/c15-12-4-1-3-11(9-12)6-8-16-13-5-2-7-14-10-13/h1,3-4,9,13-15H,2,5-8,10H2. The van der Waals surface area contributed by atoms with Crippen LogP contribution in [0.15, 0.2) is 24.3 Å². The number of hydrogen-bond acceptors (Lipinski definition) is 3. The third-order valence-corrected chi connectivity index (χ3v) is 2.91. The molecule has 1 aliphatic rings. The molecule has 1 aromatic rings. The zero-order chi connectivity index (χ0) is 11.2. The zero-order valence-electron chi connectivity index (χ0n) is 9.48. The Bertz CT molecular complexity index is 321. The molecule has 2 N–H and O–H groups in total. The molecular weight excluding hydrogens is 202 g/mol. The fraction of sp³-hybridized carbons (Fsp3) is 0.538. The number of aromatic hydroxyl groups is 1. The van der Waals surface area contributed by atoms with Crippen LogP contribution in [0, 0.1) is 0 Å². The summed E-state index contributed by atoms with van der Waals surface area (Å²) < 4.78 is 5.78. The Morgan fingerprint density at radius 3 is 3.12 bits per heavy atom. The maximum absolute atomic E-state index is 9.31. The molecule has 1 fully saturated rings. The number of rotatable bonds is 4. The van der Waals surface area contributed by atoms with Crippen LogP contribution >= 0.6 is 0 Å². The maximum atomic E-state index is 9.31. The van der Waals surface area contributed by atoms with Crippen LogP contribution in [0.25, 0.3) is 0 Å². The Labute approximate surface area is 96.4 Å². The van der Waals surface area contributed by atoms with Gasteiger partial charge in [0.15, 0.2) is 0 Å². The van der Waals surface area contributed by atoms with Gasteiger partial charge in [0.25, 0.3) is 0 Å². The molecule has 2 rings (SSSR count). The molecule has 1 atom stereocenters. The number of hydrogen-bond donors (Lipinski definition) is 2. The smallest absolute Gasteiger partial charge is 0.115 e. The summed E-state index contributed by atoms with van der Waals surface area (Å²) in [5, 5.41) is 12.6. The molecule has 1 aromatic carbocycles. The second-order valence-corrected chi connectivity index (χ2v) is 4.26. The highest BCUT2D eigenvalue weighted by Crippen LogP contribution is 2.12. The molecule has 0 saturated carbocycles. The molecule has 1 heterocycles. The van der Waals surface area contributed by atoms with Crippen molar-refractivity contribution in [3.8, 4) is 5.75 Å². The Balaban J connectivity index is 1.71. The fourth-order valence-corrected chi connectivity index (χ4v) is 2.02. The minimum Gasteiger partial charge on any atom is -0.508 e. The summed E-state index contributed by atoms with van der Waals surface area (Å²) in [6.45, 7) is 2.82. The fourth-order valence-electron chi connectivity index (χ4n) is 2.02. The zero-order valence-corrected chi connectivity index (χ0v) is 9.48. The summed E-state index contributed by atoms with van der Waals surface area (Å²) in [6.07, 6.45) is 3.60. The van der Waals surface area contributed by atoms with E-state index in [1.165, 1.54) is 6.42 Å². The van der Waals surface area contributed by atoms with Crippen LogP contribution in [0.5, 0.6) is 5.75 Å². The van der Waals surface area contributed by atoms with Gasteiger partial charge < -0.3 is 15.2 Å². The van der Waals surface area contributed by atoms with E-state index in [-0.39, 0.29) is 0 Å². The van der Waals surface area contributed by atoms with E-state index in [2.05, 4.69) is 5.32 Å². The molecule has 3 nitrogen and oxygen atoms in total. The molecule has 0 amide bonds. The first kappa shape index (κ1) is 11.4. The van der Waals surface area contributed by atoms with Crippen LogP contribution < -0.4 is 5.32 Å². The number of phenols is 1. The van der Waals surface area contributed by atoms with Gasteiger partial charge in [0.05, 0.1) is 12.7 Å². The van der Waals surface area contributed by atoms with Crippen molar-refractivity contribution in [2.45, 2.75) is 25.4 Å². The number of benzene rings is 1. The van der Waals surface area contributed by atoms with Gasteiger partial charge in [0.2, 0.25) is 0 Å². The van der Waals surface area contributed by atoms with Crippen LogP contribution in [-0.4, -0.2) is 30.9 Å². The molecule has 0 spiro atoms. The molecule has 1 aliphatic heterocycles. The number of nitrogens with one attached hydrogen (secondary N) is 1. The minimum atomic E-state index is 0.330. The topological polar surface area (TPSA) is 41.5 Å². The summed E-state index contributed by atoms with van der Waals surface area (Å²) >= 11 is 0. The van der Waals surface area contributed by atoms with Gasteiger partial charge in [-0.25, -0.2) is 0 Å². The lowest BCUT2D eigenvalue weighted by Crippen LogP contribution is -2.35. The third-order valence-electron chi connectivity index (χ3n) is 2.91. The predicted molar refractivity (Wildman–Crippen MR) is 63.7 cm³/mol. The third kappa shape index (κ3) is 3.51. The lowest BCUT2D eigenvalue weighted by molar-refractivity contribution is 0.0390. The average Bonchev–Trinajstić information content (AvgIpc) is 2.30. The van der Waals surface area contributed by atoms with Crippen molar-refractivity contribution in [2.75, 3.05) is 19.7 Å². The summed E-state index contributed by atoms with van der Waals surface area (Å²) in [7, 11) is 0. The number of piperidine rings is 1. The summed E-state index contributed by atoms with van der Waals surface area (Å²) in [5.74, 6) is 0.330. The normalized spacial score (nSPS) is 20.9. The van der Waals surface area contributed by atoms with Gasteiger partial charge in [0.1, 0.15) is 5.75 Å². The van der Waals surface area contributed by atoms with Crippen molar-refractivity contribution >= 4 is 0 Å². The van der Waals surface area contributed by atoms with Gasteiger partial charge in [-0.05, 0) is 43.5 Å². The first-order chi connectivity index (χ1) is 7.84. The van der Waals surface area contributed by atoms with Gasteiger partial charge in [-0.15, -0.1) is 0 Å². The first-order valence-corrected chi connectivity index (χ1v) is 5.95. The largest absolute Gasteiger partial charge is 0.508 e.